The SMILES string of the molecule is CSCCCNC(=S)N1CCCSc2ccccc21. The molecule has 0 bridgehead atoms. The van der Waals surface area contributed by atoms with Gasteiger partial charge in [0, 0.05) is 18.0 Å². The van der Waals surface area contributed by atoms with Crippen molar-refractivity contribution in [1.82, 2.24) is 5.32 Å². The maximum atomic E-state index is 5.56. The third-order valence-electron chi connectivity index (χ3n) is 2.99. The Hall–Kier alpha value is -0.390. The van der Waals surface area contributed by atoms with E-state index in [2.05, 4.69) is 40.7 Å². The van der Waals surface area contributed by atoms with Crippen LogP contribution in [0.3, 0.4) is 0 Å². The third-order valence-corrected chi connectivity index (χ3v) is 5.20. The van der Waals surface area contributed by atoms with E-state index in [1.165, 1.54) is 28.5 Å². The van der Waals surface area contributed by atoms with Gasteiger partial charge in [0.05, 0.1) is 5.69 Å². The summed E-state index contributed by atoms with van der Waals surface area (Å²) in [5.41, 5.74) is 1.26. The smallest absolute Gasteiger partial charge is 0.173 e. The summed E-state index contributed by atoms with van der Waals surface area (Å²) in [7, 11) is 0. The Morgan fingerprint density at radius 3 is 3.16 bits per heavy atom. The summed E-state index contributed by atoms with van der Waals surface area (Å²) >= 11 is 9.37. The normalized spacial score (nSPS) is 14.7. The molecular weight excluding hydrogens is 292 g/mol. The Kier molecular flexibility index (Phi) is 6.34. The second-order valence-electron chi connectivity index (χ2n) is 4.40. The first kappa shape index (κ1) is 15.0. The van der Waals surface area contributed by atoms with Crippen LogP contribution in [0, 0.1) is 0 Å². The van der Waals surface area contributed by atoms with Gasteiger partial charge >= 0.3 is 0 Å². The number of hydrogen-bond donors (Lipinski definition) is 1. The van der Waals surface area contributed by atoms with Crippen molar-refractivity contribution in [3.63, 3.8) is 0 Å². The molecule has 19 heavy (non-hydrogen) atoms. The van der Waals surface area contributed by atoms with E-state index in [9.17, 15) is 0 Å². The largest absolute Gasteiger partial charge is 0.362 e. The predicted octanol–water partition coefficient (Wildman–Crippen LogP) is 3.62. The molecule has 0 fully saturated rings. The molecule has 0 radical (unpaired) electrons. The van der Waals surface area contributed by atoms with Crippen LogP contribution >= 0.6 is 35.7 Å². The average Bonchev–Trinajstić information content (AvgIpc) is 2.66. The summed E-state index contributed by atoms with van der Waals surface area (Å²) in [5, 5.41) is 4.26. The summed E-state index contributed by atoms with van der Waals surface area (Å²) in [5.74, 6) is 2.35. The number of benzene rings is 1. The van der Waals surface area contributed by atoms with E-state index in [-0.39, 0.29) is 0 Å². The van der Waals surface area contributed by atoms with Gasteiger partial charge in [0.2, 0.25) is 0 Å². The molecule has 0 aliphatic carbocycles. The molecule has 0 saturated carbocycles. The zero-order chi connectivity index (χ0) is 13.5. The summed E-state index contributed by atoms with van der Waals surface area (Å²) in [6.45, 7) is 1.98. The molecule has 1 heterocycles. The molecule has 0 saturated heterocycles. The van der Waals surface area contributed by atoms with Crippen LogP contribution in [-0.2, 0) is 0 Å². The lowest BCUT2D eigenvalue weighted by Gasteiger charge is -2.25. The van der Waals surface area contributed by atoms with Gasteiger partial charge < -0.3 is 10.2 Å². The fourth-order valence-electron chi connectivity index (χ4n) is 2.05. The Morgan fingerprint density at radius 2 is 2.32 bits per heavy atom. The van der Waals surface area contributed by atoms with Crippen LogP contribution in [-0.4, -0.2) is 36.0 Å². The molecule has 0 atom stereocenters. The van der Waals surface area contributed by atoms with Crippen LogP contribution in [0.2, 0.25) is 0 Å². The minimum atomic E-state index is 0.871. The Bertz CT molecular complexity index is 423. The molecule has 0 unspecified atom stereocenters. The first-order valence-corrected chi connectivity index (χ1v) is 9.38. The topological polar surface area (TPSA) is 15.3 Å². The van der Waals surface area contributed by atoms with Gasteiger partial charge in [-0.05, 0) is 55.0 Å². The molecule has 5 heteroatoms. The van der Waals surface area contributed by atoms with Crippen molar-refractivity contribution in [1.29, 1.82) is 0 Å². The van der Waals surface area contributed by atoms with Crippen molar-refractivity contribution >= 4 is 46.5 Å². The van der Waals surface area contributed by atoms with Crippen LogP contribution in [0.5, 0.6) is 0 Å². The van der Waals surface area contributed by atoms with Gasteiger partial charge in [0.1, 0.15) is 0 Å². The maximum absolute atomic E-state index is 5.56. The van der Waals surface area contributed by atoms with Gasteiger partial charge in [-0.25, -0.2) is 0 Å². The molecule has 0 amide bonds. The molecule has 1 aliphatic heterocycles. The predicted molar refractivity (Wildman–Crippen MR) is 92.7 cm³/mol. The van der Waals surface area contributed by atoms with Gasteiger partial charge in [-0.3, -0.25) is 0 Å². The molecule has 2 nitrogen and oxygen atoms in total. The van der Waals surface area contributed by atoms with Gasteiger partial charge in [-0.1, -0.05) is 12.1 Å². The minimum Gasteiger partial charge on any atom is -0.362 e. The number of para-hydroxylation sites is 1. The number of anilines is 1. The number of thiocarbonyl (C=S) groups is 1. The summed E-state index contributed by atoms with van der Waals surface area (Å²) < 4.78 is 0. The molecule has 1 aromatic rings. The molecular formula is C14H20N2S3. The molecule has 1 N–H and O–H groups in total. The van der Waals surface area contributed by atoms with Crippen LogP contribution in [0.25, 0.3) is 0 Å². The van der Waals surface area contributed by atoms with Gasteiger partial charge in [-0.2, -0.15) is 11.8 Å². The van der Waals surface area contributed by atoms with Gasteiger partial charge in [-0.15, -0.1) is 11.8 Å². The maximum Gasteiger partial charge on any atom is 0.173 e. The second kappa shape index (κ2) is 8.02. The van der Waals surface area contributed by atoms with E-state index < -0.39 is 0 Å². The second-order valence-corrected chi connectivity index (χ2v) is 6.91. The summed E-state index contributed by atoms with van der Waals surface area (Å²) in [4.78, 5) is 3.59. The van der Waals surface area contributed by atoms with Crippen molar-refractivity contribution in [3.05, 3.63) is 24.3 Å². The molecule has 1 aromatic carbocycles. The zero-order valence-corrected chi connectivity index (χ0v) is 13.7. The molecule has 2 rings (SSSR count). The Balaban J connectivity index is 2.00. The Labute approximate surface area is 129 Å². The molecule has 0 spiro atoms. The van der Waals surface area contributed by atoms with Gasteiger partial charge in [0.15, 0.2) is 5.11 Å². The van der Waals surface area contributed by atoms with E-state index in [0.29, 0.717) is 0 Å². The molecule has 1 aliphatic rings. The van der Waals surface area contributed by atoms with E-state index >= 15 is 0 Å². The standard InChI is InChI=1S/C14H20N2S3/c1-18-10-4-8-15-14(17)16-9-5-11-19-13-7-3-2-6-12(13)16/h2-3,6-7H,4-5,8-11H2,1H3,(H,15,17). The van der Waals surface area contributed by atoms with E-state index in [1.807, 2.05) is 23.5 Å². The lowest BCUT2D eigenvalue weighted by Crippen LogP contribution is -2.41. The van der Waals surface area contributed by atoms with Crippen molar-refractivity contribution in [3.8, 4) is 0 Å². The van der Waals surface area contributed by atoms with Crippen molar-refractivity contribution in [2.75, 3.05) is 35.8 Å². The third kappa shape index (κ3) is 4.29. The minimum absolute atomic E-state index is 0.871. The first-order valence-electron chi connectivity index (χ1n) is 6.59. The highest BCUT2D eigenvalue weighted by Crippen LogP contribution is 2.33. The monoisotopic (exact) mass is 312 g/mol. The lowest BCUT2D eigenvalue weighted by atomic mass is 10.3. The quantitative estimate of drug-likeness (QED) is 0.673. The summed E-state index contributed by atoms with van der Waals surface area (Å²) in [6, 6.07) is 8.55. The summed E-state index contributed by atoms with van der Waals surface area (Å²) in [6.07, 6.45) is 4.47. The van der Waals surface area contributed by atoms with Crippen molar-refractivity contribution < 1.29 is 0 Å². The fourth-order valence-corrected chi connectivity index (χ4v) is 3.76. The molecule has 104 valence electrons. The lowest BCUT2D eigenvalue weighted by molar-refractivity contribution is 0.822. The Morgan fingerprint density at radius 1 is 1.47 bits per heavy atom. The average molecular weight is 313 g/mol. The van der Waals surface area contributed by atoms with Crippen LogP contribution < -0.4 is 10.2 Å². The first-order chi connectivity index (χ1) is 9.33. The number of nitrogens with zero attached hydrogens (tertiary/aromatic N) is 1. The van der Waals surface area contributed by atoms with E-state index in [1.54, 1.807) is 0 Å². The van der Waals surface area contributed by atoms with Crippen molar-refractivity contribution in [2.45, 2.75) is 17.7 Å². The van der Waals surface area contributed by atoms with Gasteiger partial charge in [0.25, 0.3) is 0 Å². The van der Waals surface area contributed by atoms with Crippen LogP contribution in [0.1, 0.15) is 12.8 Å². The zero-order valence-electron chi connectivity index (χ0n) is 11.2. The highest BCUT2D eigenvalue weighted by Gasteiger charge is 2.18. The number of hydrogen-bond acceptors (Lipinski definition) is 3. The number of fused-ring (bicyclic) bond motifs is 1. The van der Waals surface area contributed by atoms with Crippen LogP contribution in [0.15, 0.2) is 29.2 Å². The number of thioether (sulfide) groups is 2. The molecule has 0 aromatic heterocycles. The fraction of sp³-hybridized carbons (Fsp3) is 0.500. The van der Waals surface area contributed by atoms with E-state index in [0.717, 1.165) is 24.6 Å². The highest BCUT2D eigenvalue weighted by atomic mass is 32.2. The van der Waals surface area contributed by atoms with Crippen molar-refractivity contribution in [2.24, 2.45) is 0 Å². The van der Waals surface area contributed by atoms with Crippen LogP contribution in [0.4, 0.5) is 5.69 Å². The number of nitrogens with one attached hydrogen (secondary N) is 1. The number of rotatable bonds is 4. The highest BCUT2D eigenvalue weighted by molar-refractivity contribution is 7.99. The van der Waals surface area contributed by atoms with E-state index in [4.69, 9.17) is 12.2 Å².